The quantitative estimate of drug-likeness (QED) is 0.901. The molecular formula is C13H15ClO3. The zero-order valence-corrected chi connectivity index (χ0v) is 10.6. The van der Waals surface area contributed by atoms with Crippen LogP contribution in [0.4, 0.5) is 0 Å². The van der Waals surface area contributed by atoms with E-state index in [-0.39, 0.29) is 6.10 Å². The Morgan fingerprint density at radius 1 is 1.59 bits per heavy atom. The van der Waals surface area contributed by atoms with Crippen molar-refractivity contribution in [2.75, 3.05) is 0 Å². The van der Waals surface area contributed by atoms with Crippen LogP contribution in [0.25, 0.3) is 0 Å². The van der Waals surface area contributed by atoms with Gasteiger partial charge in [0.05, 0.1) is 5.41 Å². The third-order valence-corrected chi connectivity index (χ3v) is 3.32. The average molecular weight is 255 g/mol. The van der Waals surface area contributed by atoms with Gasteiger partial charge in [-0.05, 0) is 37.6 Å². The Morgan fingerprint density at radius 2 is 2.29 bits per heavy atom. The van der Waals surface area contributed by atoms with Crippen molar-refractivity contribution in [3.8, 4) is 5.75 Å². The number of carbonyl (C=O) groups is 1. The van der Waals surface area contributed by atoms with Crippen molar-refractivity contribution in [2.45, 2.75) is 32.8 Å². The monoisotopic (exact) mass is 254 g/mol. The number of rotatable bonds is 3. The molecule has 0 bridgehead atoms. The highest BCUT2D eigenvalue weighted by molar-refractivity contribution is 6.30. The van der Waals surface area contributed by atoms with Gasteiger partial charge in [0.2, 0.25) is 0 Å². The van der Waals surface area contributed by atoms with E-state index in [1.165, 1.54) is 0 Å². The molecule has 92 valence electrons. The summed E-state index contributed by atoms with van der Waals surface area (Å²) in [6.07, 6.45) is 1.15. The van der Waals surface area contributed by atoms with Crippen molar-refractivity contribution in [1.82, 2.24) is 0 Å². The molecule has 3 nitrogen and oxygen atoms in total. The lowest BCUT2D eigenvalue weighted by molar-refractivity contribution is -0.148. The molecule has 0 amide bonds. The number of aliphatic carboxylic acids is 1. The second-order valence-electron chi connectivity index (χ2n) is 5.09. The number of fused-ring (bicyclic) bond motifs is 1. The number of benzene rings is 1. The normalized spacial score (nSPS) is 18.6. The lowest BCUT2D eigenvalue weighted by atomic mass is 9.86. The largest absolute Gasteiger partial charge is 0.490 e. The van der Waals surface area contributed by atoms with E-state index < -0.39 is 11.4 Å². The summed E-state index contributed by atoms with van der Waals surface area (Å²) in [5, 5.41) is 9.77. The highest BCUT2D eigenvalue weighted by Gasteiger charge is 2.34. The van der Waals surface area contributed by atoms with Crippen LogP contribution >= 0.6 is 11.6 Å². The fourth-order valence-corrected chi connectivity index (χ4v) is 2.25. The molecule has 1 aliphatic rings. The molecule has 0 aromatic heterocycles. The highest BCUT2D eigenvalue weighted by Crippen LogP contribution is 2.35. The molecule has 0 fully saturated rings. The molecule has 2 rings (SSSR count). The Bertz CT molecular complexity index is 454. The van der Waals surface area contributed by atoms with E-state index in [0.29, 0.717) is 11.4 Å². The number of carboxylic acids is 1. The van der Waals surface area contributed by atoms with Crippen LogP contribution in [0.3, 0.4) is 0 Å². The number of hydrogen-bond donors (Lipinski definition) is 1. The Labute approximate surface area is 105 Å². The predicted octanol–water partition coefficient (Wildman–Crippen LogP) is 3.14. The number of ether oxygens (including phenoxy) is 1. The second kappa shape index (κ2) is 4.22. The van der Waals surface area contributed by atoms with Gasteiger partial charge in [-0.25, -0.2) is 0 Å². The average Bonchev–Trinajstić information content (AvgIpc) is 2.57. The summed E-state index contributed by atoms with van der Waals surface area (Å²) in [5.74, 6) is 0.0238. The first-order valence-corrected chi connectivity index (χ1v) is 5.95. The van der Waals surface area contributed by atoms with Gasteiger partial charge in [-0.1, -0.05) is 11.6 Å². The molecule has 1 unspecified atom stereocenters. The van der Waals surface area contributed by atoms with Gasteiger partial charge in [0, 0.05) is 17.9 Å². The first-order valence-electron chi connectivity index (χ1n) is 5.57. The Kier molecular flexibility index (Phi) is 3.04. The summed E-state index contributed by atoms with van der Waals surface area (Å²) in [6, 6.07) is 5.50. The van der Waals surface area contributed by atoms with E-state index >= 15 is 0 Å². The first-order chi connectivity index (χ1) is 7.88. The Hall–Kier alpha value is -1.22. The van der Waals surface area contributed by atoms with Crippen LogP contribution in [0.5, 0.6) is 5.75 Å². The van der Waals surface area contributed by atoms with Crippen molar-refractivity contribution < 1.29 is 14.6 Å². The zero-order chi connectivity index (χ0) is 12.6. The van der Waals surface area contributed by atoms with Crippen molar-refractivity contribution in [3.63, 3.8) is 0 Å². The maximum atomic E-state index is 11.1. The van der Waals surface area contributed by atoms with Gasteiger partial charge in [0.1, 0.15) is 11.9 Å². The fraction of sp³-hybridized carbons (Fsp3) is 0.462. The summed E-state index contributed by atoms with van der Waals surface area (Å²) in [7, 11) is 0. The van der Waals surface area contributed by atoms with E-state index in [0.717, 1.165) is 17.7 Å². The maximum absolute atomic E-state index is 11.1. The molecule has 0 saturated carbocycles. The minimum Gasteiger partial charge on any atom is -0.490 e. The lowest BCUT2D eigenvalue weighted by Crippen LogP contribution is -2.30. The summed E-state index contributed by atoms with van der Waals surface area (Å²) >= 11 is 5.90. The van der Waals surface area contributed by atoms with Crippen LogP contribution in [0, 0.1) is 5.41 Å². The molecule has 1 N–H and O–H groups in total. The molecule has 1 aromatic rings. The van der Waals surface area contributed by atoms with E-state index in [1.54, 1.807) is 19.9 Å². The van der Waals surface area contributed by atoms with Crippen LogP contribution in [-0.4, -0.2) is 17.2 Å². The van der Waals surface area contributed by atoms with E-state index in [9.17, 15) is 4.79 Å². The second-order valence-corrected chi connectivity index (χ2v) is 5.53. The van der Waals surface area contributed by atoms with Crippen molar-refractivity contribution in [1.29, 1.82) is 0 Å². The Morgan fingerprint density at radius 3 is 2.94 bits per heavy atom. The third kappa shape index (κ3) is 2.55. The van der Waals surface area contributed by atoms with E-state index in [1.807, 2.05) is 12.1 Å². The number of carboxylic acid groups (broad SMARTS) is 1. The molecule has 1 aromatic carbocycles. The maximum Gasteiger partial charge on any atom is 0.309 e. The molecule has 1 atom stereocenters. The summed E-state index contributed by atoms with van der Waals surface area (Å²) in [4.78, 5) is 11.1. The third-order valence-electron chi connectivity index (χ3n) is 3.08. The molecule has 1 heterocycles. The Balaban J connectivity index is 2.08. The van der Waals surface area contributed by atoms with Gasteiger partial charge in [-0.15, -0.1) is 0 Å². The summed E-state index contributed by atoms with van der Waals surface area (Å²) in [5.41, 5.74) is 0.292. The van der Waals surface area contributed by atoms with Gasteiger partial charge in [0.25, 0.3) is 0 Å². The molecule has 1 aliphatic heterocycles. The first kappa shape index (κ1) is 12.2. The van der Waals surface area contributed by atoms with Crippen LogP contribution in [0.15, 0.2) is 18.2 Å². The van der Waals surface area contributed by atoms with E-state index in [4.69, 9.17) is 21.4 Å². The molecule has 4 heteroatoms. The van der Waals surface area contributed by atoms with Gasteiger partial charge in [-0.2, -0.15) is 0 Å². The van der Waals surface area contributed by atoms with Gasteiger partial charge < -0.3 is 9.84 Å². The van der Waals surface area contributed by atoms with Gasteiger partial charge >= 0.3 is 5.97 Å². The summed E-state index contributed by atoms with van der Waals surface area (Å²) in [6.45, 7) is 3.43. The standard InChI is InChI=1S/C13H15ClO3/c1-13(2,12(15)16)7-10-6-8-5-9(14)3-4-11(8)17-10/h3-5,10H,6-7H2,1-2H3,(H,15,16). The van der Waals surface area contributed by atoms with Crippen molar-refractivity contribution >= 4 is 17.6 Å². The van der Waals surface area contributed by atoms with Crippen LogP contribution in [-0.2, 0) is 11.2 Å². The highest BCUT2D eigenvalue weighted by atomic mass is 35.5. The molecular weight excluding hydrogens is 240 g/mol. The smallest absolute Gasteiger partial charge is 0.309 e. The number of hydrogen-bond acceptors (Lipinski definition) is 2. The molecule has 0 aliphatic carbocycles. The minimum absolute atomic E-state index is 0.0745. The lowest BCUT2D eigenvalue weighted by Gasteiger charge is -2.22. The summed E-state index contributed by atoms with van der Waals surface area (Å²) < 4.78 is 5.73. The molecule has 0 spiro atoms. The predicted molar refractivity (Wildman–Crippen MR) is 65.6 cm³/mol. The molecule has 0 radical (unpaired) electrons. The van der Waals surface area contributed by atoms with Gasteiger partial charge in [0.15, 0.2) is 0 Å². The zero-order valence-electron chi connectivity index (χ0n) is 9.87. The fourth-order valence-electron chi connectivity index (χ4n) is 2.06. The van der Waals surface area contributed by atoms with Gasteiger partial charge in [-0.3, -0.25) is 4.79 Å². The van der Waals surface area contributed by atoms with E-state index in [2.05, 4.69) is 0 Å². The van der Waals surface area contributed by atoms with Crippen LogP contribution in [0.1, 0.15) is 25.8 Å². The van der Waals surface area contributed by atoms with Crippen LogP contribution in [0.2, 0.25) is 5.02 Å². The number of halogens is 1. The molecule has 0 saturated heterocycles. The topological polar surface area (TPSA) is 46.5 Å². The molecule has 17 heavy (non-hydrogen) atoms. The minimum atomic E-state index is -0.796. The SMILES string of the molecule is CC(C)(CC1Cc2cc(Cl)ccc2O1)C(=O)O. The van der Waals surface area contributed by atoms with Crippen molar-refractivity contribution in [2.24, 2.45) is 5.41 Å². The van der Waals surface area contributed by atoms with Crippen LogP contribution < -0.4 is 4.74 Å². The van der Waals surface area contributed by atoms with Crippen molar-refractivity contribution in [3.05, 3.63) is 28.8 Å².